The van der Waals surface area contributed by atoms with E-state index in [0.717, 1.165) is 9.15 Å². The Balaban J connectivity index is 2.65. The number of esters is 1. The molecule has 94 valence electrons. The van der Waals surface area contributed by atoms with Gasteiger partial charge in [0.1, 0.15) is 6.54 Å². The fourth-order valence-electron chi connectivity index (χ4n) is 1.53. The zero-order valence-corrected chi connectivity index (χ0v) is 11.0. The second-order valence-electron chi connectivity index (χ2n) is 3.55. The van der Waals surface area contributed by atoms with Gasteiger partial charge in [-0.3, -0.25) is 9.59 Å². The zero-order chi connectivity index (χ0) is 13.3. The average Bonchev–Trinajstić information content (AvgIpc) is 2.35. The van der Waals surface area contributed by atoms with Gasteiger partial charge in [0, 0.05) is 4.47 Å². The highest BCUT2D eigenvalue weighted by Crippen LogP contribution is 2.22. The van der Waals surface area contributed by atoms with Gasteiger partial charge in [0.2, 0.25) is 5.88 Å². The number of nitrogens with zero attached hydrogens (tertiary/aromatic N) is 2. The second-order valence-corrected chi connectivity index (χ2v) is 4.47. The van der Waals surface area contributed by atoms with E-state index in [2.05, 4.69) is 25.8 Å². The maximum atomic E-state index is 12.0. The lowest BCUT2D eigenvalue weighted by atomic mass is 10.2. The van der Waals surface area contributed by atoms with Gasteiger partial charge in [-0.25, -0.2) is 4.68 Å². The molecule has 6 nitrogen and oxygen atoms in total. The number of hydrogen-bond acceptors (Lipinski definition) is 5. The third-order valence-electron chi connectivity index (χ3n) is 2.41. The molecule has 7 heteroatoms. The van der Waals surface area contributed by atoms with Crippen LogP contribution in [0.15, 0.2) is 27.5 Å². The standard InChI is InChI=1S/C11H9BrN2O4/c1-18-9(15)5-14-11(17)7-3-2-6(12)4-8(7)10(16)13-14/h2-4H,5H2,1H3,(H,13,16). The van der Waals surface area contributed by atoms with Crippen molar-refractivity contribution in [2.24, 2.45) is 0 Å². The maximum absolute atomic E-state index is 12.0. The molecule has 0 bridgehead atoms. The smallest absolute Gasteiger partial charge is 0.327 e. The lowest BCUT2D eigenvalue weighted by molar-refractivity contribution is -0.141. The fourth-order valence-corrected chi connectivity index (χ4v) is 1.90. The fraction of sp³-hybridized carbons (Fsp3) is 0.182. The molecule has 0 saturated heterocycles. The predicted octanol–water partition coefficient (Wildman–Crippen LogP) is 1.04. The van der Waals surface area contributed by atoms with Crippen LogP contribution in [0.1, 0.15) is 0 Å². The molecule has 1 aromatic heterocycles. The van der Waals surface area contributed by atoms with Gasteiger partial charge in [0.05, 0.1) is 17.9 Å². The highest BCUT2D eigenvalue weighted by atomic mass is 79.9. The van der Waals surface area contributed by atoms with Gasteiger partial charge in [-0.15, -0.1) is 5.10 Å². The Morgan fingerprint density at radius 3 is 2.89 bits per heavy atom. The van der Waals surface area contributed by atoms with E-state index >= 15 is 0 Å². The molecule has 0 aliphatic heterocycles. The van der Waals surface area contributed by atoms with Crippen LogP contribution in [0.2, 0.25) is 0 Å². The molecule has 0 aliphatic rings. The third kappa shape index (κ3) is 2.21. The summed E-state index contributed by atoms with van der Waals surface area (Å²) in [5.74, 6) is -0.921. The number of hydrogen-bond donors (Lipinski definition) is 1. The summed E-state index contributed by atoms with van der Waals surface area (Å²) in [6.07, 6.45) is 0. The Morgan fingerprint density at radius 1 is 1.50 bits per heavy atom. The molecule has 0 spiro atoms. The Kier molecular flexibility index (Phi) is 3.33. The second kappa shape index (κ2) is 4.77. The molecule has 2 rings (SSSR count). The highest BCUT2D eigenvalue weighted by molar-refractivity contribution is 9.10. The molecule has 0 amide bonds. The van der Waals surface area contributed by atoms with Crippen LogP contribution >= 0.6 is 15.9 Å². The van der Waals surface area contributed by atoms with E-state index in [4.69, 9.17) is 0 Å². The Hall–Kier alpha value is -1.89. The minimum Gasteiger partial charge on any atom is -0.492 e. The number of carbonyl (C=O) groups is 1. The molecule has 0 radical (unpaired) electrons. The van der Waals surface area contributed by atoms with Gasteiger partial charge in [-0.2, -0.15) is 0 Å². The molecule has 1 N–H and O–H groups in total. The summed E-state index contributed by atoms with van der Waals surface area (Å²) in [6, 6.07) is 4.81. The van der Waals surface area contributed by atoms with E-state index in [1.165, 1.54) is 7.11 Å². The van der Waals surface area contributed by atoms with E-state index in [0.29, 0.717) is 5.39 Å². The number of halogens is 1. The summed E-state index contributed by atoms with van der Waals surface area (Å²) < 4.78 is 6.04. The summed E-state index contributed by atoms with van der Waals surface area (Å²) in [5.41, 5.74) is -0.458. The number of rotatable bonds is 2. The molecule has 1 heterocycles. The highest BCUT2D eigenvalue weighted by Gasteiger charge is 2.12. The number of aromatic hydroxyl groups is 1. The van der Waals surface area contributed by atoms with Crippen LogP contribution in [0.25, 0.3) is 10.8 Å². The van der Waals surface area contributed by atoms with Crippen molar-refractivity contribution in [3.8, 4) is 5.88 Å². The molecule has 0 atom stereocenters. The minimum atomic E-state index is -0.611. The van der Waals surface area contributed by atoms with Crippen LogP contribution in [0.3, 0.4) is 0 Å². The van der Waals surface area contributed by atoms with Crippen molar-refractivity contribution in [3.05, 3.63) is 33.0 Å². The lowest BCUT2D eigenvalue weighted by Gasteiger charge is -2.06. The van der Waals surface area contributed by atoms with E-state index < -0.39 is 11.5 Å². The topological polar surface area (TPSA) is 81.4 Å². The number of benzene rings is 1. The van der Waals surface area contributed by atoms with Gasteiger partial charge < -0.3 is 9.84 Å². The summed E-state index contributed by atoms with van der Waals surface area (Å²) in [5, 5.41) is 14.0. The summed E-state index contributed by atoms with van der Waals surface area (Å²) in [4.78, 5) is 23.1. The van der Waals surface area contributed by atoms with E-state index in [9.17, 15) is 14.7 Å². The zero-order valence-electron chi connectivity index (χ0n) is 9.38. The van der Waals surface area contributed by atoms with Crippen molar-refractivity contribution in [1.29, 1.82) is 0 Å². The number of methoxy groups -OCH3 is 1. The van der Waals surface area contributed by atoms with Crippen molar-refractivity contribution < 1.29 is 14.6 Å². The van der Waals surface area contributed by atoms with Crippen molar-refractivity contribution >= 4 is 32.7 Å². The van der Waals surface area contributed by atoms with Gasteiger partial charge >= 0.3 is 5.97 Å². The quantitative estimate of drug-likeness (QED) is 0.838. The number of fused-ring (bicyclic) bond motifs is 1. The molecular weight excluding hydrogens is 304 g/mol. The van der Waals surface area contributed by atoms with Crippen molar-refractivity contribution in [2.45, 2.75) is 6.54 Å². The summed E-state index contributed by atoms with van der Waals surface area (Å²) in [6.45, 7) is -0.338. The Bertz CT molecular complexity index is 681. The summed E-state index contributed by atoms with van der Waals surface area (Å²) in [7, 11) is 1.21. The van der Waals surface area contributed by atoms with Crippen molar-refractivity contribution in [1.82, 2.24) is 9.78 Å². The van der Waals surface area contributed by atoms with Crippen molar-refractivity contribution in [2.75, 3.05) is 7.11 Å². The monoisotopic (exact) mass is 312 g/mol. The van der Waals surface area contributed by atoms with Crippen LogP contribution in [0.4, 0.5) is 0 Å². The molecular formula is C11H9BrN2O4. The Labute approximate surface area is 110 Å². The van der Waals surface area contributed by atoms with Crippen LogP contribution in [0.5, 0.6) is 5.88 Å². The predicted molar refractivity (Wildman–Crippen MR) is 67.4 cm³/mol. The number of ether oxygens (including phenoxy) is 1. The summed E-state index contributed by atoms with van der Waals surface area (Å²) >= 11 is 3.24. The lowest BCUT2D eigenvalue weighted by Crippen LogP contribution is -2.27. The SMILES string of the molecule is COC(=O)Cn1nc(O)c2cc(Br)ccc2c1=O. The average molecular weight is 313 g/mol. The number of carbonyl (C=O) groups excluding carboxylic acids is 1. The molecule has 1 aromatic carbocycles. The van der Waals surface area contributed by atoms with E-state index in [-0.39, 0.29) is 17.8 Å². The molecule has 0 aliphatic carbocycles. The van der Waals surface area contributed by atoms with E-state index in [1.807, 2.05) is 0 Å². The van der Waals surface area contributed by atoms with Crippen LogP contribution in [-0.4, -0.2) is 28.0 Å². The molecule has 2 aromatic rings. The normalized spacial score (nSPS) is 10.6. The molecule has 0 fully saturated rings. The third-order valence-corrected chi connectivity index (χ3v) is 2.90. The van der Waals surface area contributed by atoms with Crippen LogP contribution in [0, 0.1) is 0 Å². The van der Waals surface area contributed by atoms with Crippen LogP contribution < -0.4 is 5.56 Å². The first-order chi connectivity index (χ1) is 8.52. The molecule has 0 unspecified atom stereocenters. The first-order valence-electron chi connectivity index (χ1n) is 4.99. The first-order valence-corrected chi connectivity index (χ1v) is 5.78. The minimum absolute atomic E-state index is 0.287. The van der Waals surface area contributed by atoms with Crippen LogP contribution in [-0.2, 0) is 16.1 Å². The van der Waals surface area contributed by atoms with E-state index in [1.54, 1.807) is 18.2 Å². The largest absolute Gasteiger partial charge is 0.492 e. The maximum Gasteiger partial charge on any atom is 0.327 e. The Morgan fingerprint density at radius 2 is 2.22 bits per heavy atom. The number of aromatic nitrogens is 2. The van der Waals surface area contributed by atoms with Gasteiger partial charge in [0.15, 0.2) is 0 Å². The van der Waals surface area contributed by atoms with Gasteiger partial charge in [-0.05, 0) is 18.2 Å². The van der Waals surface area contributed by atoms with Gasteiger partial charge in [-0.1, -0.05) is 15.9 Å². The molecule has 0 saturated carbocycles. The first kappa shape index (κ1) is 12.6. The van der Waals surface area contributed by atoms with Crippen molar-refractivity contribution in [3.63, 3.8) is 0 Å². The van der Waals surface area contributed by atoms with Gasteiger partial charge in [0.25, 0.3) is 5.56 Å². The molecule has 18 heavy (non-hydrogen) atoms.